The van der Waals surface area contributed by atoms with E-state index < -0.39 is 40.3 Å². The second kappa shape index (κ2) is 11.4. The number of benzene rings is 1. The number of carbonyl (C=O) groups excluding carboxylic acids is 3. The molecule has 0 aromatic heterocycles. The van der Waals surface area contributed by atoms with Gasteiger partial charge in [0.2, 0.25) is 0 Å². The summed E-state index contributed by atoms with van der Waals surface area (Å²) in [6.07, 6.45) is 1.98. The zero-order chi connectivity index (χ0) is 23.9. The predicted octanol–water partition coefficient (Wildman–Crippen LogP) is 2.11. The maximum atomic E-state index is 12.8. The number of rotatable bonds is 10. The molecular weight excluding hydrogens is 432 g/mol. The molecule has 0 bridgehead atoms. The van der Waals surface area contributed by atoms with Gasteiger partial charge in [-0.05, 0) is 37.8 Å². The molecule has 0 saturated carbocycles. The topological polar surface area (TPSA) is 110 Å². The number of nitrogens with one attached hydrogen (secondary N) is 1. The Balaban J connectivity index is 2.00. The molecule has 2 atom stereocenters. The first kappa shape index (κ1) is 25.8. The molecule has 1 saturated heterocycles. The van der Waals surface area contributed by atoms with Gasteiger partial charge in [0.15, 0.2) is 16.4 Å². The molecule has 0 radical (unpaired) electrons. The summed E-state index contributed by atoms with van der Waals surface area (Å²) in [5, 5.41) is 2.69. The molecule has 1 heterocycles. The highest BCUT2D eigenvalue weighted by atomic mass is 32.2. The highest BCUT2D eigenvalue weighted by molar-refractivity contribution is 7.91. The van der Waals surface area contributed by atoms with Crippen molar-refractivity contribution >= 4 is 27.6 Å². The molecule has 32 heavy (non-hydrogen) atoms. The van der Waals surface area contributed by atoms with Gasteiger partial charge in [-0.15, -0.1) is 0 Å². The zero-order valence-corrected chi connectivity index (χ0v) is 20.1. The third-order valence-electron chi connectivity index (χ3n) is 5.58. The van der Waals surface area contributed by atoms with Crippen molar-refractivity contribution < 1.29 is 27.5 Å². The van der Waals surface area contributed by atoms with E-state index in [2.05, 4.69) is 5.32 Å². The van der Waals surface area contributed by atoms with E-state index in [1.54, 1.807) is 26.0 Å². The molecule has 9 heteroatoms. The Kier molecular flexibility index (Phi) is 9.24. The molecule has 1 fully saturated rings. The smallest absolute Gasteiger partial charge is 0.329 e. The second-order valence-electron chi connectivity index (χ2n) is 8.67. The van der Waals surface area contributed by atoms with Crippen LogP contribution in [0.5, 0.6) is 0 Å². The van der Waals surface area contributed by atoms with Crippen LogP contribution < -0.4 is 5.32 Å². The van der Waals surface area contributed by atoms with Crippen LogP contribution in [0.1, 0.15) is 56.0 Å². The monoisotopic (exact) mass is 466 g/mol. The summed E-state index contributed by atoms with van der Waals surface area (Å²) in [5.41, 5.74) is 1.45. The van der Waals surface area contributed by atoms with Crippen LogP contribution in [0, 0.1) is 12.8 Å². The van der Waals surface area contributed by atoms with Gasteiger partial charge in [-0.25, -0.2) is 13.2 Å². The Morgan fingerprint density at radius 2 is 1.84 bits per heavy atom. The van der Waals surface area contributed by atoms with Gasteiger partial charge in [-0.3, -0.25) is 9.59 Å². The molecule has 1 N–H and O–H groups in total. The van der Waals surface area contributed by atoms with E-state index in [0.717, 1.165) is 18.4 Å². The van der Waals surface area contributed by atoms with Crippen LogP contribution in [-0.4, -0.2) is 67.8 Å². The number of ether oxygens (including phenoxy) is 1. The lowest BCUT2D eigenvalue weighted by atomic mass is 10.0. The quantitative estimate of drug-likeness (QED) is 0.529. The molecule has 1 aromatic carbocycles. The van der Waals surface area contributed by atoms with Crippen molar-refractivity contribution in [1.82, 2.24) is 10.2 Å². The summed E-state index contributed by atoms with van der Waals surface area (Å²) in [6.45, 7) is 7.39. The average Bonchev–Trinajstić information content (AvgIpc) is 3.09. The highest BCUT2D eigenvalue weighted by Gasteiger charge is 2.35. The van der Waals surface area contributed by atoms with Crippen molar-refractivity contribution in [3.8, 4) is 0 Å². The van der Waals surface area contributed by atoms with E-state index in [1.807, 2.05) is 26.0 Å². The zero-order valence-electron chi connectivity index (χ0n) is 19.3. The lowest BCUT2D eigenvalue weighted by Crippen LogP contribution is -2.47. The highest BCUT2D eigenvalue weighted by Crippen LogP contribution is 2.19. The maximum Gasteiger partial charge on any atom is 0.329 e. The third kappa shape index (κ3) is 7.32. The average molecular weight is 467 g/mol. The Bertz CT molecular complexity index is 911. The molecule has 1 unspecified atom stereocenters. The van der Waals surface area contributed by atoms with Gasteiger partial charge in [0, 0.05) is 18.2 Å². The fourth-order valence-electron chi connectivity index (χ4n) is 3.59. The number of hydrogen-bond acceptors (Lipinski definition) is 6. The van der Waals surface area contributed by atoms with Crippen LogP contribution in [0.25, 0.3) is 0 Å². The van der Waals surface area contributed by atoms with Gasteiger partial charge in [0.05, 0.1) is 11.5 Å². The van der Waals surface area contributed by atoms with Gasteiger partial charge in [-0.1, -0.05) is 44.9 Å². The van der Waals surface area contributed by atoms with Gasteiger partial charge >= 0.3 is 5.97 Å². The third-order valence-corrected chi connectivity index (χ3v) is 7.33. The summed E-state index contributed by atoms with van der Waals surface area (Å²) in [6, 6.07) is 5.68. The summed E-state index contributed by atoms with van der Waals surface area (Å²) in [5.74, 6) is -1.74. The van der Waals surface area contributed by atoms with E-state index >= 15 is 0 Å². The van der Waals surface area contributed by atoms with Gasteiger partial charge < -0.3 is 15.0 Å². The van der Waals surface area contributed by atoms with Crippen molar-refractivity contribution in [1.29, 1.82) is 0 Å². The minimum Gasteiger partial charge on any atom is -0.454 e. The fraction of sp³-hybridized carbons (Fsp3) is 0.609. The second-order valence-corrected chi connectivity index (χ2v) is 10.9. The molecular formula is C23H34N2O6S. The van der Waals surface area contributed by atoms with E-state index in [0.29, 0.717) is 18.5 Å². The van der Waals surface area contributed by atoms with Gasteiger partial charge in [-0.2, -0.15) is 0 Å². The number of hydrogen-bond donors (Lipinski definition) is 1. The Labute approximate surface area is 190 Å². The lowest BCUT2D eigenvalue weighted by molar-refractivity contribution is -0.155. The molecule has 2 amide bonds. The van der Waals surface area contributed by atoms with Crippen molar-refractivity contribution in [2.45, 2.75) is 59.0 Å². The Hall–Kier alpha value is -2.42. The van der Waals surface area contributed by atoms with E-state index in [-0.39, 0.29) is 23.5 Å². The number of unbranched alkanes of at least 4 members (excludes halogenated alkanes) is 1. The molecule has 8 nitrogen and oxygen atoms in total. The predicted molar refractivity (Wildman–Crippen MR) is 122 cm³/mol. The number of esters is 1. The lowest BCUT2D eigenvalue weighted by Gasteiger charge is -2.28. The van der Waals surface area contributed by atoms with Crippen molar-refractivity contribution in [2.75, 3.05) is 24.7 Å². The van der Waals surface area contributed by atoms with E-state index in [9.17, 15) is 22.8 Å². The summed E-state index contributed by atoms with van der Waals surface area (Å²) >= 11 is 0. The molecule has 1 aliphatic rings. The number of amides is 2. The molecule has 1 aliphatic heterocycles. The normalized spacial score (nSPS) is 18.2. The van der Waals surface area contributed by atoms with Crippen molar-refractivity contribution in [3.63, 3.8) is 0 Å². The minimum atomic E-state index is -3.15. The minimum absolute atomic E-state index is 0.0579. The first-order chi connectivity index (χ1) is 15.0. The summed E-state index contributed by atoms with van der Waals surface area (Å²) in [4.78, 5) is 39.5. The standard InChI is InChI=1S/C23H34N2O6S/c1-5-6-12-25(19-11-13-32(29,30)15-19)20(26)14-31-23(28)21(16(2)3)24-22(27)18-9-7-17(4)8-10-18/h7-10,16,19,21H,5-6,11-15H2,1-4H3,(H,24,27)/t19?,21-/m0/s1. The number of nitrogens with zero attached hydrogens (tertiary/aromatic N) is 1. The molecule has 2 rings (SSSR count). The van der Waals surface area contributed by atoms with E-state index in [1.165, 1.54) is 4.90 Å². The first-order valence-corrected chi connectivity index (χ1v) is 12.9. The molecule has 0 aliphatic carbocycles. The molecule has 1 aromatic rings. The largest absolute Gasteiger partial charge is 0.454 e. The van der Waals surface area contributed by atoms with Crippen molar-refractivity contribution in [2.24, 2.45) is 5.92 Å². The molecule has 178 valence electrons. The maximum absolute atomic E-state index is 12.8. The Morgan fingerprint density at radius 3 is 2.38 bits per heavy atom. The van der Waals surface area contributed by atoms with Crippen LogP contribution in [0.3, 0.4) is 0 Å². The Morgan fingerprint density at radius 1 is 1.19 bits per heavy atom. The first-order valence-electron chi connectivity index (χ1n) is 11.1. The number of sulfone groups is 1. The van der Waals surface area contributed by atoms with Crippen LogP contribution in [-0.2, 0) is 24.2 Å². The van der Waals surface area contributed by atoms with Crippen molar-refractivity contribution in [3.05, 3.63) is 35.4 Å². The van der Waals surface area contributed by atoms with Gasteiger partial charge in [0.25, 0.3) is 11.8 Å². The van der Waals surface area contributed by atoms with Crippen LogP contribution in [0.15, 0.2) is 24.3 Å². The molecule has 0 spiro atoms. The SMILES string of the molecule is CCCCN(C(=O)COC(=O)[C@@H](NC(=O)c1ccc(C)cc1)C(C)C)C1CCS(=O)(=O)C1. The van der Waals surface area contributed by atoms with Crippen LogP contribution in [0.4, 0.5) is 0 Å². The summed E-state index contributed by atoms with van der Waals surface area (Å²) < 4.78 is 29.0. The number of aryl methyl sites for hydroxylation is 1. The number of carbonyl (C=O) groups is 3. The van der Waals surface area contributed by atoms with E-state index in [4.69, 9.17) is 4.74 Å². The summed E-state index contributed by atoms with van der Waals surface area (Å²) in [7, 11) is -3.15. The van der Waals surface area contributed by atoms with Crippen LogP contribution in [0.2, 0.25) is 0 Å². The fourth-order valence-corrected chi connectivity index (χ4v) is 5.32. The van der Waals surface area contributed by atoms with Gasteiger partial charge in [0.1, 0.15) is 6.04 Å². The van der Waals surface area contributed by atoms with Crippen LogP contribution >= 0.6 is 0 Å².